The van der Waals surface area contributed by atoms with Crippen molar-refractivity contribution < 1.29 is 14.4 Å². The summed E-state index contributed by atoms with van der Waals surface area (Å²) in [6.07, 6.45) is 0.867. The molecule has 0 aliphatic carbocycles. The monoisotopic (exact) mass is 644 g/mol. The molecule has 0 radical (unpaired) electrons. The number of anilines is 6. The number of hydrogen-bond donors (Lipinski definition) is 3. The van der Waals surface area contributed by atoms with Crippen LogP contribution >= 0.6 is 0 Å². The molecule has 0 aliphatic rings. The highest BCUT2D eigenvalue weighted by Crippen LogP contribution is 2.36. The smallest absolute Gasteiger partial charge is 0.228 e. The topological polar surface area (TPSA) is 90.5 Å². The number of rotatable bonds is 12. The third kappa shape index (κ3) is 9.30. The fourth-order valence-electron chi connectivity index (χ4n) is 5.49. The van der Waals surface area contributed by atoms with Crippen LogP contribution in [0.25, 0.3) is 0 Å². The van der Waals surface area contributed by atoms with Crippen LogP contribution in [0.15, 0.2) is 164 Å². The van der Waals surface area contributed by atoms with E-state index in [9.17, 15) is 14.4 Å². The molecule has 0 atom stereocenters. The van der Waals surface area contributed by atoms with Crippen molar-refractivity contribution in [3.05, 3.63) is 180 Å². The first-order valence-electron chi connectivity index (χ1n) is 16.1. The maximum atomic E-state index is 12.7. The molecule has 3 N–H and O–H groups in total. The number of carbonyl (C=O) groups excluding carboxylic acids is 3. The number of nitrogens with one attached hydrogen (secondary N) is 3. The van der Waals surface area contributed by atoms with Gasteiger partial charge in [-0.05, 0) is 89.5 Å². The zero-order valence-electron chi connectivity index (χ0n) is 26.9. The number of benzene rings is 6. The van der Waals surface area contributed by atoms with E-state index in [1.807, 2.05) is 164 Å². The Balaban J connectivity index is 1.19. The van der Waals surface area contributed by atoms with Crippen molar-refractivity contribution in [2.45, 2.75) is 19.3 Å². The molecule has 6 aromatic rings. The summed E-state index contributed by atoms with van der Waals surface area (Å²) < 4.78 is 0. The molecular formula is C42H36N4O3. The molecule has 0 heterocycles. The summed E-state index contributed by atoms with van der Waals surface area (Å²) in [4.78, 5) is 40.1. The van der Waals surface area contributed by atoms with Crippen molar-refractivity contribution in [2.24, 2.45) is 0 Å². The van der Waals surface area contributed by atoms with E-state index in [2.05, 4.69) is 20.9 Å². The summed E-state index contributed by atoms with van der Waals surface area (Å²) in [6.45, 7) is 0. The van der Waals surface area contributed by atoms with Crippen LogP contribution in [0.2, 0.25) is 0 Å². The van der Waals surface area contributed by atoms with Crippen molar-refractivity contribution in [3.8, 4) is 0 Å². The van der Waals surface area contributed by atoms with Gasteiger partial charge in [0.05, 0.1) is 19.3 Å². The zero-order valence-corrected chi connectivity index (χ0v) is 26.9. The second-order valence-electron chi connectivity index (χ2n) is 11.6. The fraction of sp³-hybridized carbons (Fsp3) is 0.0714. The van der Waals surface area contributed by atoms with E-state index >= 15 is 0 Å². The first kappa shape index (κ1) is 32.5. The Hall–Kier alpha value is -6.47. The maximum Gasteiger partial charge on any atom is 0.228 e. The lowest BCUT2D eigenvalue weighted by Crippen LogP contribution is -2.16. The number of hydrogen-bond acceptors (Lipinski definition) is 4. The average Bonchev–Trinajstić information content (AvgIpc) is 3.12. The summed E-state index contributed by atoms with van der Waals surface area (Å²) in [6, 6.07) is 51.8. The minimum atomic E-state index is -0.0920. The maximum absolute atomic E-state index is 12.7. The van der Waals surface area contributed by atoms with E-state index in [0.29, 0.717) is 17.1 Å². The third-order valence-electron chi connectivity index (χ3n) is 7.85. The quantitative estimate of drug-likeness (QED) is 0.124. The Labute approximate surface area is 286 Å². The predicted octanol–water partition coefficient (Wildman–Crippen LogP) is 8.70. The summed E-state index contributed by atoms with van der Waals surface area (Å²) in [7, 11) is 0. The zero-order chi connectivity index (χ0) is 33.8. The highest BCUT2D eigenvalue weighted by atomic mass is 16.2. The number of nitrogens with zero attached hydrogens (tertiary/aromatic N) is 1. The van der Waals surface area contributed by atoms with E-state index in [-0.39, 0.29) is 37.0 Å². The van der Waals surface area contributed by atoms with E-state index in [0.717, 1.165) is 33.8 Å². The minimum Gasteiger partial charge on any atom is -0.326 e. The molecule has 0 bridgehead atoms. The van der Waals surface area contributed by atoms with E-state index < -0.39 is 0 Å². The molecule has 0 saturated heterocycles. The standard InChI is InChI=1S/C42H36N4O3/c47-40(28-31-10-4-1-5-11-31)43-34-16-22-37(23-17-34)46(38-24-18-35(19-25-38)44-41(48)29-32-12-6-2-7-13-32)39-26-20-36(21-27-39)45-42(49)30-33-14-8-3-9-15-33/h1-27H,28-30H2,(H,43,47)(H,44,48)(H,45,49). The van der Waals surface area contributed by atoms with Crippen LogP contribution in [-0.2, 0) is 33.6 Å². The van der Waals surface area contributed by atoms with Crippen molar-refractivity contribution >= 4 is 51.8 Å². The summed E-state index contributed by atoms with van der Waals surface area (Å²) in [5, 5.41) is 8.95. The van der Waals surface area contributed by atoms with Crippen molar-refractivity contribution in [2.75, 3.05) is 20.9 Å². The van der Waals surface area contributed by atoms with E-state index in [1.165, 1.54) is 0 Å². The third-order valence-corrected chi connectivity index (χ3v) is 7.85. The van der Waals surface area contributed by atoms with Gasteiger partial charge in [0, 0.05) is 34.1 Å². The van der Waals surface area contributed by atoms with Crippen LogP contribution in [0, 0.1) is 0 Å². The molecule has 7 heteroatoms. The van der Waals surface area contributed by atoms with Crippen LogP contribution in [0.5, 0.6) is 0 Å². The molecule has 0 saturated carbocycles. The lowest BCUT2D eigenvalue weighted by Gasteiger charge is -2.26. The molecular weight excluding hydrogens is 608 g/mol. The largest absolute Gasteiger partial charge is 0.326 e. The molecule has 242 valence electrons. The summed E-state index contributed by atoms with van der Waals surface area (Å²) >= 11 is 0. The Morgan fingerprint density at radius 2 is 0.592 bits per heavy atom. The summed E-state index contributed by atoms with van der Waals surface area (Å²) in [5.41, 5.74) is 7.51. The Kier molecular flexibility index (Phi) is 10.5. The fourth-order valence-corrected chi connectivity index (χ4v) is 5.49. The van der Waals surface area contributed by atoms with Crippen LogP contribution in [-0.4, -0.2) is 17.7 Å². The van der Waals surface area contributed by atoms with Gasteiger partial charge in [-0.2, -0.15) is 0 Å². The van der Waals surface area contributed by atoms with Gasteiger partial charge >= 0.3 is 0 Å². The normalized spacial score (nSPS) is 10.5. The first-order valence-corrected chi connectivity index (χ1v) is 16.1. The highest BCUT2D eigenvalue weighted by molar-refractivity contribution is 5.94. The molecule has 3 amide bonds. The molecule has 0 fully saturated rings. The van der Waals surface area contributed by atoms with Gasteiger partial charge in [0.15, 0.2) is 0 Å². The predicted molar refractivity (Wildman–Crippen MR) is 197 cm³/mol. The lowest BCUT2D eigenvalue weighted by atomic mass is 10.1. The molecule has 0 spiro atoms. The molecule has 6 aromatic carbocycles. The lowest BCUT2D eigenvalue weighted by molar-refractivity contribution is -0.116. The van der Waals surface area contributed by atoms with Crippen LogP contribution in [0.1, 0.15) is 16.7 Å². The van der Waals surface area contributed by atoms with Gasteiger partial charge in [0.2, 0.25) is 17.7 Å². The van der Waals surface area contributed by atoms with Gasteiger partial charge in [-0.15, -0.1) is 0 Å². The molecule has 0 aliphatic heterocycles. The van der Waals surface area contributed by atoms with Crippen LogP contribution in [0.4, 0.5) is 34.1 Å². The van der Waals surface area contributed by atoms with Crippen LogP contribution in [0.3, 0.4) is 0 Å². The van der Waals surface area contributed by atoms with Gasteiger partial charge in [0.25, 0.3) is 0 Å². The van der Waals surface area contributed by atoms with E-state index in [1.54, 1.807) is 0 Å². The van der Waals surface area contributed by atoms with Gasteiger partial charge < -0.3 is 20.9 Å². The number of carbonyl (C=O) groups is 3. The van der Waals surface area contributed by atoms with Crippen molar-refractivity contribution in [3.63, 3.8) is 0 Å². The highest BCUT2D eigenvalue weighted by Gasteiger charge is 2.15. The van der Waals surface area contributed by atoms with Crippen molar-refractivity contribution in [1.29, 1.82) is 0 Å². The molecule has 49 heavy (non-hydrogen) atoms. The second-order valence-corrected chi connectivity index (χ2v) is 11.6. The Morgan fingerprint density at radius 1 is 0.347 bits per heavy atom. The molecule has 0 unspecified atom stereocenters. The molecule has 6 rings (SSSR count). The number of amides is 3. The molecule has 7 nitrogen and oxygen atoms in total. The van der Waals surface area contributed by atoms with E-state index in [4.69, 9.17) is 0 Å². The minimum absolute atomic E-state index is 0.0920. The van der Waals surface area contributed by atoms with Gasteiger partial charge in [-0.3, -0.25) is 14.4 Å². The Bertz CT molecular complexity index is 1750. The molecule has 0 aromatic heterocycles. The van der Waals surface area contributed by atoms with Gasteiger partial charge in [-0.1, -0.05) is 91.0 Å². The first-order chi connectivity index (χ1) is 24.0. The second kappa shape index (κ2) is 15.9. The Morgan fingerprint density at radius 3 is 0.837 bits per heavy atom. The van der Waals surface area contributed by atoms with Crippen molar-refractivity contribution in [1.82, 2.24) is 0 Å². The van der Waals surface area contributed by atoms with Crippen LogP contribution < -0.4 is 20.9 Å². The SMILES string of the molecule is O=C(Cc1ccccc1)Nc1ccc(N(c2ccc(NC(=O)Cc3ccccc3)cc2)c2ccc(NC(=O)Cc3ccccc3)cc2)cc1. The van der Waals surface area contributed by atoms with Gasteiger partial charge in [0.1, 0.15) is 0 Å². The van der Waals surface area contributed by atoms with Gasteiger partial charge in [-0.25, -0.2) is 0 Å². The summed E-state index contributed by atoms with van der Waals surface area (Å²) in [5.74, 6) is -0.276. The average molecular weight is 645 g/mol.